The molecule has 0 fully saturated rings. The van der Waals surface area contributed by atoms with Gasteiger partial charge in [0.15, 0.2) is 0 Å². The van der Waals surface area contributed by atoms with Crippen molar-refractivity contribution in [1.29, 1.82) is 0 Å². The smallest absolute Gasteiger partial charge is 0.330 e. The zero-order chi connectivity index (χ0) is 19.7. The Morgan fingerprint density at radius 1 is 0.692 bits per heavy atom. The van der Waals surface area contributed by atoms with Crippen molar-refractivity contribution in [2.75, 3.05) is 7.11 Å². The second-order valence-corrected chi connectivity index (χ2v) is 11.3. The minimum absolute atomic E-state index is 0.375. The van der Waals surface area contributed by atoms with Crippen molar-refractivity contribution in [3.05, 3.63) is 12.2 Å². The molecule has 0 spiro atoms. The van der Waals surface area contributed by atoms with Crippen LogP contribution in [0.15, 0.2) is 12.2 Å². The molecule has 5 heteroatoms. The number of rotatable bonds is 16. The topological polar surface area (TPSA) is 52.6 Å². The summed E-state index contributed by atoms with van der Waals surface area (Å²) in [4.78, 5) is 23.5. The molecule has 0 heterocycles. The molecule has 0 aromatic rings. The Hall–Kier alpha value is -1.10. The summed E-state index contributed by atoms with van der Waals surface area (Å²) >= 11 is 0. The van der Waals surface area contributed by atoms with Gasteiger partial charge >= 0.3 is 11.9 Å². The van der Waals surface area contributed by atoms with Crippen LogP contribution in [0.5, 0.6) is 0 Å². The Balaban J connectivity index is 4.86. The molecule has 4 nitrogen and oxygen atoms in total. The minimum atomic E-state index is -2.10. The second-order valence-electron chi connectivity index (χ2n) is 7.19. The highest BCUT2D eigenvalue weighted by Gasteiger charge is 2.36. The van der Waals surface area contributed by atoms with Gasteiger partial charge in [-0.05, 0) is 18.1 Å². The monoisotopic (exact) mass is 384 g/mol. The Kier molecular flexibility index (Phi) is 15.4. The van der Waals surface area contributed by atoms with E-state index in [9.17, 15) is 9.59 Å². The van der Waals surface area contributed by atoms with E-state index in [0.717, 1.165) is 56.3 Å². The van der Waals surface area contributed by atoms with E-state index in [1.54, 1.807) is 0 Å². The zero-order valence-electron chi connectivity index (χ0n) is 17.5. The van der Waals surface area contributed by atoms with Gasteiger partial charge in [0.2, 0.25) is 0 Å². The molecule has 0 saturated carbocycles. The van der Waals surface area contributed by atoms with Crippen molar-refractivity contribution in [3.63, 3.8) is 0 Å². The summed E-state index contributed by atoms with van der Waals surface area (Å²) in [5.41, 5.74) is 0. The van der Waals surface area contributed by atoms with E-state index in [-0.39, 0.29) is 5.97 Å². The fourth-order valence-corrected chi connectivity index (χ4v) is 7.65. The number of esters is 1. The fraction of sp³-hybridized carbons (Fsp3) is 0.810. The summed E-state index contributed by atoms with van der Waals surface area (Å²) < 4.78 is 10.6. The fourth-order valence-electron chi connectivity index (χ4n) is 3.21. The van der Waals surface area contributed by atoms with Crippen LogP contribution in [0.2, 0.25) is 18.1 Å². The van der Waals surface area contributed by atoms with Gasteiger partial charge in [-0.15, -0.1) is 0 Å². The maximum absolute atomic E-state index is 12.3. The molecular weight excluding hydrogens is 344 g/mol. The summed E-state index contributed by atoms with van der Waals surface area (Å²) in [6, 6.07) is 3.13. The van der Waals surface area contributed by atoms with Crippen molar-refractivity contribution in [2.24, 2.45) is 0 Å². The first-order valence-corrected chi connectivity index (χ1v) is 13.1. The van der Waals surface area contributed by atoms with E-state index < -0.39 is 14.3 Å². The first-order chi connectivity index (χ1) is 12.5. The highest BCUT2D eigenvalue weighted by Crippen LogP contribution is 2.30. The number of unbranched alkanes of at least 4 members (excludes halogenated alkanes) is 7. The van der Waals surface area contributed by atoms with Gasteiger partial charge in [0, 0.05) is 12.2 Å². The average Bonchev–Trinajstić information content (AvgIpc) is 2.65. The van der Waals surface area contributed by atoms with Gasteiger partial charge in [0.1, 0.15) is 0 Å². The number of hydrogen-bond donors (Lipinski definition) is 0. The van der Waals surface area contributed by atoms with Gasteiger partial charge in [-0.1, -0.05) is 85.0 Å². The van der Waals surface area contributed by atoms with Crippen molar-refractivity contribution >= 4 is 20.3 Å². The molecule has 0 unspecified atom stereocenters. The molecule has 0 aromatic carbocycles. The highest BCUT2D eigenvalue weighted by molar-refractivity contribution is 6.75. The molecule has 152 valence electrons. The number of carbonyl (C=O) groups is 2. The Morgan fingerprint density at radius 3 is 1.69 bits per heavy atom. The number of hydrogen-bond acceptors (Lipinski definition) is 4. The lowest BCUT2D eigenvalue weighted by Crippen LogP contribution is -2.40. The van der Waals surface area contributed by atoms with E-state index in [0.29, 0.717) is 0 Å². The van der Waals surface area contributed by atoms with Gasteiger partial charge in [0.25, 0.3) is 8.32 Å². The third kappa shape index (κ3) is 12.3. The lowest BCUT2D eigenvalue weighted by atomic mass is 10.1. The van der Waals surface area contributed by atoms with Crippen LogP contribution in [0.25, 0.3) is 0 Å². The van der Waals surface area contributed by atoms with Crippen LogP contribution in [0.1, 0.15) is 85.0 Å². The molecule has 0 bridgehead atoms. The van der Waals surface area contributed by atoms with Crippen molar-refractivity contribution in [2.45, 2.75) is 103 Å². The average molecular weight is 385 g/mol. The summed E-state index contributed by atoms with van der Waals surface area (Å²) in [5, 5.41) is 0. The molecule has 0 aliphatic carbocycles. The van der Waals surface area contributed by atoms with Crippen LogP contribution >= 0.6 is 0 Å². The standard InChI is InChI=1S/C21H40O4Si/c1-5-8-11-12-13-14-19-26(17-9-6-2,18-10-7-3)25-21(23)16-15-20(22)24-4/h15-16H,5-14,17-19H2,1-4H3/b16-15-. The molecule has 0 amide bonds. The molecule has 0 aliphatic rings. The van der Waals surface area contributed by atoms with Crippen LogP contribution < -0.4 is 0 Å². The van der Waals surface area contributed by atoms with Crippen molar-refractivity contribution in [1.82, 2.24) is 0 Å². The summed E-state index contributed by atoms with van der Waals surface area (Å²) in [6.45, 7) is 6.60. The Bertz CT molecular complexity index is 399. The third-order valence-electron chi connectivity index (χ3n) is 4.83. The molecule has 0 radical (unpaired) electrons. The van der Waals surface area contributed by atoms with E-state index in [1.165, 1.54) is 45.3 Å². The highest BCUT2D eigenvalue weighted by atomic mass is 28.4. The first-order valence-electron chi connectivity index (χ1n) is 10.5. The zero-order valence-corrected chi connectivity index (χ0v) is 18.5. The molecule has 0 saturated heterocycles. The summed E-state index contributed by atoms with van der Waals surface area (Å²) in [5.74, 6) is -0.896. The molecular formula is C21H40O4Si. The van der Waals surface area contributed by atoms with E-state index in [4.69, 9.17) is 4.43 Å². The number of methoxy groups -OCH3 is 1. The lowest BCUT2D eigenvalue weighted by molar-refractivity contribution is -0.136. The van der Waals surface area contributed by atoms with Gasteiger partial charge in [-0.2, -0.15) is 0 Å². The van der Waals surface area contributed by atoms with Crippen LogP contribution in [-0.2, 0) is 18.8 Å². The maximum Gasteiger partial charge on any atom is 0.330 e. The number of carbonyl (C=O) groups excluding carboxylic acids is 2. The molecule has 0 rings (SSSR count). The van der Waals surface area contributed by atoms with Gasteiger partial charge in [-0.25, -0.2) is 9.59 Å². The molecule has 26 heavy (non-hydrogen) atoms. The van der Waals surface area contributed by atoms with Crippen LogP contribution in [0, 0.1) is 0 Å². The SMILES string of the molecule is CCCCCCCC[Si](CCCC)(CCCC)OC(=O)/C=C\C(=O)OC. The predicted octanol–water partition coefficient (Wildman–Crippen LogP) is 6.17. The third-order valence-corrected chi connectivity index (χ3v) is 9.26. The van der Waals surface area contributed by atoms with Crippen molar-refractivity contribution in [3.8, 4) is 0 Å². The lowest BCUT2D eigenvalue weighted by Gasteiger charge is -2.31. The molecule has 0 N–H and O–H groups in total. The molecule has 0 atom stereocenters. The number of ether oxygens (including phenoxy) is 1. The maximum atomic E-state index is 12.3. The van der Waals surface area contributed by atoms with Crippen LogP contribution in [-0.4, -0.2) is 27.4 Å². The predicted molar refractivity (Wildman–Crippen MR) is 111 cm³/mol. The largest absolute Gasteiger partial charge is 0.516 e. The normalized spacial score (nSPS) is 11.7. The Morgan fingerprint density at radius 2 is 1.15 bits per heavy atom. The van der Waals surface area contributed by atoms with E-state index in [1.807, 2.05) is 0 Å². The molecule has 0 aliphatic heterocycles. The van der Waals surface area contributed by atoms with Gasteiger partial charge < -0.3 is 9.16 Å². The Labute approximate surface area is 161 Å². The second kappa shape index (κ2) is 16.1. The van der Waals surface area contributed by atoms with Gasteiger partial charge in [-0.3, -0.25) is 0 Å². The van der Waals surface area contributed by atoms with Gasteiger partial charge in [0.05, 0.1) is 7.11 Å². The van der Waals surface area contributed by atoms with Crippen molar-refractivity contribution < 1.29 is 18.8 Å². The summed E-state index contributed by atoms with van der Waals surface area (Å²) in [7, 11) is -0.800. The van der Waals surface area contributed by atoms with E-state index in [2.05, 4.69) is 25.5 Å². The van der Waals surface area contributed by atoms with E-state index >= 15 is 0 Å². The minimum Gasteiger partial charge on any atom is -0.516 e. The first kappa shape index (κ1) is 24.9. The quantitative estimate of drug-likeness (QED) is 0.138. The van der Waals surface area contributed by atoms with Crippen LogP contribution in [0.3, 0.4) is 0 Å². The summed E-state index contributed by atoms with van der Waals surface area (Å²) in [6.07, 6.45) is 14.4. The van der Waals surface area contributed by atoms with Crippen LogP contribution in [0.4, 0.5) is 0 Å². The molecule has 0 aromatic heterocycles.